The van der Waals surface area contributed by atoms with Crippen LogP contribution in [0.1, 0.15) is 0 Å². The van der Waals surface area contributed by atoms with Crippen molar-refractivity contribution in [3.8, 4) is 0 Å². The highest BCUT2D eigenvalue weighted by molar-refractivity contribution is 7.96. The highest BCUT2D eigenvalue weighted by atomic mass is 32.1. The molecule has 0 unspecified atom stereocenters. The third-order valence-electron chi connectivity index (χ3n) is 0.932. The van der Waals surface area contributed by atoms with Gasteiger partial charge in [-0.05, 0) is 12.1 Å². The first kappa shape index (κ1) is 7.08. The second-order valence-corrected chi connectivity index (χ2v) is 2.07. The number of hydrogen-bond acceptors (Lipinski definition) is 2. The highest BCUT2D eigenvalue weighted by Gasteiger charge is 1.91. The van der Waals surface area contributed by atoms with E-state index < -0.39 is 0 Å². The van der Waals surface area contributed by atoms with Gasteiger partial charge in [0.2, 0.25) is 0 Å². The molecular formula is C6H6N2OS. The molecule has 0 saturated carbocycles. The summed E-state index contributed by atoms with van der Waals surface area (Å²) in [6.07, 6.45) is 3.19. The molecular weight excluding hydrogens is 148 g/mol. The third kappa shape index (κ3) is 2.06. The van der Waals surface area contributed by atoms with E-state index in [9.17, 15) is 4.79 Å². The molecule has 1 N–H and O–H groups in total. The molecule has 0 aliphatic carbocycles. The van der Waals surface area contributed by atoms with Crippen LogP contribution >= 0.6 is 12.6 Å². The molecule has 4 heteroatoms. The third-order valence-corrected chi connectivity index (χ3v) is 1.04. The predicted molar refractivity (Wildman–Crippen MR) is 42.2 cm³/mol. The quantitative estimate of drug-likeness (QED) is 0.602. The number of thiol groups is 1. The second kappa shape index (κ2) is 3.22. The van der Waals surface area contributed by atoms with Gasteiger partial charge in [-0.1, -0.05) is 12.6 Å². The number of carbonyl (C=O) groups is 1. The molecule has 0 aliphatic rings. The molecule has 1 rings (SSSR count). The monoisotopic (exact) mass is 154 g/mol. The summed E-state index contributed by atoms with van der Waals surface area (Å²) >= 11 is 3.54. The fourth-order valence-electron chi connectivity index (χ4n) is 0.559. The molecule has 1 aromatic rings. The summed E-state index contributed by atoms with van der Waals surface area (Å²) in [6, 6.07) is 3.38. The number of amides is 1. The summed E-state index contributed by atoms with van der Waals surface area (Å²) in [5.41, 5.74) is 0.704. The van der Waals surface area contributed by atoms with E-state index in [4.69, 9.17) is 0 Å². The van der Waals surface area contributed by atoms with Crippen molar-refractivity contribution in [2.45, 2.75) is 0 Å². The minimum atomic E-state index is -0.369. The number of carbonyl (C=O) groups excluding carboxylic acids is 1. The average Bonchev–Trinajstić information content (AvgIpc) is 1.88. The van der Waals surface area contributed by atoms with Crippen LogP contribution in [0.4, 0.5) is 10.5 Å². The lowest BCUT2D eigenvalue weighted by molar-refractivity contribution is 0.270. The van der Waals surface area contributed by atoms with E-state index in [1.54, 1.807) is 24.5 Å². The molecule has 0 radical (unpaired) electrons. The fourth-order valence-corrected chi connectivity index (χ4v) is 0.688. The number of rotatable bonds is 1. The number of nitrogens with zero attached hydrogens (tertiary/aromatic N) is 1. The van der Waals surface area contributed by atoms with E-state index in [1.807, 2.05) is 0 Å². The van der Waals surface area contributed by atoms with E-state index in [-0.39, 0.29) is 5.24 Å². The zero-order valence-electron chi connectivity index (χ0n) is 5.11. The Bertz CT molecular complexity index is 224. The Balaban J connectivity index is 2.67. The minimum absolute atomic E-state index is 0.369. The van der Waals surface area contributed by atoms with E-state index in [2.05, 4.69) is 22.9 Å². The van der Waals surface area contributed by atoms with Crippen molar-refractivity contribution in [2.24, 2.45) is 0 Å². The van der Waals surface area contributed by atoms with Crippen molar-refractivity contribution < 1.29 is 4.79 Å². The maximum atomic E-state index is 10.3. The van der Waals surface area contributed by atoms with E-state index >= 15 is 0 Å². The first-order chi connectivity index (χ1) is 4.79. The van der Waals surface area contributed by atoms with Crippen LogP contribution in [0, 0.1) is 0 Å². The average molecular weight is 154 g/mol. The van der Waals surface area contributed by atoms with Crippen molar-refractivity contribution >= 4 is 23.6 Å². The van der Waals surface area contributed by atoms with E-state index in [0.29, 0.717) is 5.69 Å². The molecule has 0 atom stereocenters. The van der Waals surface area contributed by atoms with Crippen molar-refractivity contribution in [1.82, 2.24) is 4.98 Å². The Morgan fingerprint density at radius 2 is 2.10 bits per heavy atom. The van der Waals surface area contributed by atoms with Gasteiger partial charge in [0.15, 0.2) is 0 Å². The SMILES string of the molecule is O=C(S)Nc1ccncc1. The first-order valence-corrected chi connectivity index (χ1v) is 3.14. The maximum Gasteiger partial charge on any atom is 0.280 e. The molecule has 52 valence electrons. The lowest BCUT2D eigenvalue weighted by Gasteiger charge is -1.97. The van der Waals surface area contributed by atoms with Gasteiger partial charge in [0.05, 0.1) is 0 Å². The van der Waals surface area contributed by atoms with Gasteiger partial charge in [0, 0.05) is 18.1 Å². The molecule has 0 fully saturated rings. The summed E-state index contributed by atoms with van der Waals surface area (Å²) in [5, 5.41) is 2.12. The van der Waals surface area contributed by atoms with Gasteiger partial charge in [0.1, 0.15) is 0 Å². The zero-order valence-corrected chi connectivity index (χ0v) is 6.01. The minimum Gasteiger partial charge on any atom is -0.317 e. The summed E-state index contributed by atoms with van der Waals surface area (Å²) in [7, 11) is 0. The second-order valence-electron chi connectivity index (χ2n) is 1.67. The van der Waals surface area contributed by atoms with Crippen LogP contribution < -0.4 is 5.32 Å². The lowest BCUT2D eigenvalue weighted by Crippen LogP contribution is -2.00. The molecule has 0 aromatic carbocycles. The number of anilines is 1. The first-order valence-electron chi connectivity index (χ1n) is 2.69. The summed E-state index contributed by atoms with van der Waals surface area (Å²) in [4.78, 5) is 14.1. The molecule has 0 aliphatic heterocycles. The lowest BCUT2D eigenvalue weighted by atomic mass is 10.4. The molecule has 0 spiro atoms. The van der Waals surface area contributed by atoms with Gasteiger partial charge >= 0.3 is 0 Å². The van der Waals surface area contributed by atoms with Crippen molar-refractivity contribution in [2.75, 3.05) is 5.32 Å². The van der Waals surface area contributed by atoms with Crippen LogP contribution in [-0.2, 0) is 0 Å². The Labute approximate surface area is 63.9 Å². The number of hydrogen-bond donors (Lipinski definition) is 2. The molecule has 1 amide bonds. The molecule has 1 heterocycles. The van der Waals surface area contributed by atoms with Gasteiger partial charge in [0.25, 0.3) is 5.24 Å². The Kier molecular flexibility index (Phi) is 2.28. The van der Waals surface area contributed by atoms with Crippen LogP contribution in [-0.4, -0.2) is 10.2 Å². The van der Waals surface area contributed by atoms with Gasteiger partial charge in [-0.2, -0.15) is 0 Å². The Hall–Kier alpha value is -1.03. The summed E-state index contributed by atoms with van der Waals surface area (Å²) < 4.78 is 0. The van der Waals surface area contributed by atoms with Crippen molar-refractivity contribution in [3.05, 3.63) is 24.5 Å². The highest BCUT2D eigenvalue weighted by Crippen LogP contribution is 2.03. The number of pyridine rings is 1. The largest absolute Gasteiger partial charge is 0.317 e. The summed E-state index contributed by atoms with van der Waals surface area (Å²) in [6.45, 7) is 0. The van der Waals surface area contributed by atoms with Gasteiger partial charge in [-0.25, -0.2) is 0 Å². The van der Waals surface area contributed by atoms with Crippen LogP contribution in [0.15, 0.2) is 24.5 Å². The topological polar surface area (TPSA) is 42.0 Å². The van der Waals surface area contributed by atoms with Crippen LogP contribution in [0.2, 0.25) is 0 Å². The Morgan fingerprint density at radius 1 is 1.50 bits per heavy atom. The smallest absolute Gasteiger partial charge is 0.280 e. The zero-order chi connectivity index (χ0) is 7.40. The summed E-state index contributed by atoms with van der Waals surface area (Å²) in [5.74, 6) is 0. The van der Waals surface area contributed by atoms with Crippen LogP contribution in [0.25, 0.3) is 0 Å². The molecule has 1 aromatic heterocycles. The van der Waals surface area contributed by atoms with E-state index in [1.165, 1.54) is 0 Å². The predicted octanol–water partition coefficient (Wildman–Crippen LogP) is 1.54. The van der Waals surface area contributed by atoms with Gasteiger partial charge in [-0.15, -0.1) is 0 Å². The fraction of sp³-hybridized carbons (Fsp3) is 0. The van der Waals surface area contributed by atoms with E-state index in [0.717, 1.165) is 0 Å². The molecule has 0 saturated heterocycles. The van der Waals surface area contributed by atoms with Gasteiger partial charge in [-0.3, -0.25) is 9.78 Å². The number of aromatic nitrogens is 1. The number of nitrogens with one attached hydrogen (secondary N) is 1. The van der Waals surface area contributed by atoms with Crippen molar-refractivity contribution in [1.29, 1.82) is 0 Å². The normalized spacial score (nSPS) is 8.90. The Morgan fingerprint density at radius 3 is 2.60 bits per heavy atom. The van der Waals surface area contributed by atoms with Crippen LogP contribution in [0.3, 0.4) is 0 Å². The van der Waals surface area contributed by atoms with Gasteiger partial charge < -0.3 is 5.32 Å². The van der Waals surface area contributed by atoms with Crippen LogP contribution in [0.5, 0.6) is 0 Å². The molecule has 0 bridgehead atoms. The standard InChI is InChI=1S/C6H6N2OS/c9-6(10)8-5-1-3-7-4-2-5/h1-4H,(H2,7,8,9,10). The maximum absolute atomic E-state index is 10.3. The molecule has 3 nitrogen and oxygen atoms in total. The van der Waals surface area contributed by atoms with Crippen molar-refractivity contribution in [3.63, 3.8) is 0 Å². The molecule has 10 heavy (non-hydrogen) atoms.